The minimum Gasteiger partial charge on any atom is -0.489 e. The Morgan fingerprint density at radius 2 is 1.73 bits per heavy atom. The van der Waals surface area contributed by atoms with E-state index in [1.165, 1.54) is 29.6 Å². The van der Waals surface area contributed by atoms with Gasteiger partial charge in [0.05, 0.1) is 6.61 Å². The molecule has 0 atom stereocenters. The van der Waals surface area contributed by atoms with Gasteiger partial charge >= 0.3 is 12.1 Å². The Morgan fingerprint density at radius 3 is 2.36 bits per heavy atom. The van der Waals surface area contributed by atoms with E-state index in [1.807, 2.05) is 19.9 Å². The van der Waals surface area contributed by atoms with Crippen molar-refractivity contribution >= 4 is 17.3 Å². The maximum absolute atomic E-state index is 13.6. The summed E-state index contributed by atoms with van der Waals surface area (Å²) >= 11 is 0.598. The Balaban J connectivity index is 1.84. The Labute approximate surface area is 194 Å². The van der Waals surface area contributed by atoms with Crippen molar-refractivity contribution in [3.05, 3.63) is 74.7 Å². The van der Waals surface area contributed by atoms with Crippen LogP contribution in [0.15, 0.2) is 41.8 Å². The molecular formula is C25H24F4O3S. The highest BCUT2D eigenvalue weighted by Gasteiger charge is 2.36. The third-order valence-corrected chi connectivity index (χ3v) is 6.50. The van der Waals surface area contributed by atoms with E-state index < -0.39 is 16.9 Å². The number of hydrogen-bond acceptors (Lipinski definition) is 4. The molecule has 0 N–H and O–H groups in total. The molecule has 176 valence electrons. The van der Waals surface area contributed by atoms with Crippen molar-refractivity contribution in [2.75, 3.05) is 6.61 Å². The Kier molecular flexibility index (Phi) is 7.79. The van der Waals surface area contributed by atoms with Crippen molar-refractivity contribution in [2.24, 2.45) is 0 Å². The molecule has 0 saturated carbocycles. The van der Waals surface area contributed by atoms with Gasteiger partial charge in [-0.3, -0.25) is 4.79 Å². The van der Waals surface area contributed by atoms with E-state index in [4.69, 9.17) is 9.47 Å². The summed E-state index contributed by atoms with van der Waals surface area (Å²) in [4.78, 5) is 10.9. The number of esters is 1. The molecule has 0 bridgehead atoms. The van der Waals surface area contributed by atoms with Gasteiger partial charge in [0.1, 0.15) is 23.1 Å². The second kappa shape index (κ2) is 10.4. The molecule has 1 heterocycles. The first-order chi connectivity index (χ1) is 15.6. The van der Waals surface area contributed by atoms with Crippen LogP contribution in [0.1, 0.15) is 40.5 Å². The van der Waals surface area contributed by atoms with Crippen molar-refractivity contribution in [2.45, 2.75) is 46.4 Å². The van der Waals surface area contributed by atoms with E-state index >= 15 is 0 Å². The summed E-state index contributed by atoms with van der Waals surface area (Å²) in [5.74, 6) is -0.269. The number of carbonyl (C=O) groups is 1. The molecule has 0 saturated heterocycles. The van der Waals surface area contributed by atoms with Gasteiger partial charge in [0.2, 0.25) is 0 Å². The van der Waals surface area contributed by atoms with Crippen molar-refractivity contribution in [1.29, 1.82) is 0 Å². The Hall–Kier alpha value is -2.87. The number of rotatable bonds is 8. The van der Waals surface area contributed by atoms with Gasteiger partial charge in [-0.1, -0.05) is 18.2 Å². The third-order valence-electron chi connectivity index (χ3n) is 5.43. The van der Waals surface area contributed by atoms with Crippen LogP contribution in [0, 0.1) is 19.7 Å². The molecule has 3 aromatic rings. The van der Waals surface area contributed by atoms with Gasteiger partial charge in [-0.25, -0.2) is 4.39 Å². The first kappa shape index (κ1) is 24.8. The first-order valence-electron chi connectivity index (χ1n) is 10.4. The minimum atomic E-state index is -4.52. The molecule has 8 heteroatoms. The minimum absolute atomic E-state index is 0.0162. The number of ether oxygens (including phenoxy) is 2. The lowest BCUT2D eigenvalue weighted by Crippen LogP contribution is -2.09. The largest absolute Gasteiger partial charge is 0.489 e. The van der Waals surface area contributed by atoms with E-state index in [0.717, 1.165) is 16.7 Å². The normalized spacial score (nSPS) is 11.5. The van der Waals surface area contributed by atoms with Crippen molar-refractivity contribution < 1.29 is 31.8 Å². The second-order valence-electron chi connectivity index (χ2n) is 7.53. The predicted octanol–water partition coefficient (Wildman–Crippen LogP) is 7.26. The van der Waals surface area contributed by atoms with Crippen LogP contribution in [-0.4, -0.2) is 12.6 Å². The molecule has 0 unspecified atom stereocenters. The van der Waals surface area contributed by atoms with Gasteiger partial charge in [-0.05, 0) is 78.6 Å². The number of halogens is 4. The van der Waals surface area contributed by atoms with Gasteiger partial charge in [0, 0.05) is 12.0 Å². The van der Waals surface area contributed by atoms with E-state index in [1.54, 1.807) is 13.0 Å². The van der Waals surface area contributed by atoms with E-state index in [2.05, 4.69) is 0 Å². The topological polar surface area (TPSA) is 35.5 Å². The third kappa shape index (κ3) is 5.93. The van der Waals surface area contributed by atoms with Crippen LogP contribution in [0.5, 0.6) is 5.75 Å². The lowest BCUT2D eigenvalue weighted by molar-refractivity contribution is -0.143. The highest BCUT2D eigenvalue weighted by molar-refractivity contribution is 7.10. The molecule has 2 aromatic carbocycles. The summed E-state index contributed by atoms with van der Waals surface area (Å²) in [6, 6.07) is 8.86. The maximum Gasteiger partial charge on any atom is 0.426 e. The van der Waals surface area contributed by atoms with Crippen LogP contribution in [0.4, 0.5) is 17.6 Å². The lowest BCUT2D eigenvalue weighted by Gasteiger charge is -2.16. The molecule has 1 aromatic heterocycles. The zero-order chi connectivity index (χ0) is 24.2. The van der Waals surface area contributed by atoms with E-state index in [9.17, 15) is 22.4 Å². The SMILES string of the molecule is CCOC(=O)CCc1ccc(OCc2c(-c3ccc(F)cc3)csc2C(F)(F)F)c(C)c1C. The summed E-state index contributed by atoms with van der Waals surface area (Å²) in [5.41, 5.74) is 3.53. The van der Waals surface area contributed by atoms with E-state index in [0.29, 0.717) is 41.2 Å². The van der Waals surface area contributed by atoms with Crippen LogP contribution in [0.2, 0.25) is 0 Å². The summed E-state index contributed by atoms with van der Waals surface area (Å²) in [5, 5.41) is 1.42. The molecular weight excluding hydrogens is 456 g/mol. The Morgan fingerprint density at radius 1 is 1.03 bits per heavy atom. The summed E-state index contributed by atoms with van der Waals surface area (Å²) in [7, 11) is 0. The molecule has 3 nitrogen and oxygen atoms in total. The molecule has 0 aliphatic rings. The van der Waals surface area contributed by atoms with Crippen molar-refractivity contribution in [3.8, 4) is 16.9 Å². The van der Waals surface area contributed by atoms with Gasteiger partial charge in [0.25, 0.3) is 0 Å². The lowest BCUT2D eigenvalue weighted by atomic mass is 9.98. The molecule has 0 aliphatic heterocycles. The molecule has 0 spiro atoms. The summed E-state index contributed by atoms with van der Waals surface area (Å²) in [6.07, 6.45) is -3.77. The van der Waals surface area contributed by atoms with Crippen molar-refractivity contribution in [1.82, 2.24) is 0 Å². The number of hydrogen-bond donors (Lipinski definition) is 0. The number of thiophene rings is 1. The molecule has 0 fully saturated rings. The fourth-order valence-electron chi connectivity index (χ4n) is 3.53. The number of carbonyl (C=O) groups excluding carboxylic acids is 1. The van der Waals surface area contributed by atoms with Crippen LogP contribution in [0.25, 0.3) is 11.1 Å². The van der Waals surface area contributed by atoms with Crippen LogP contribution >= 0.6 is 11.3 Å². The maximum atomic E-state index is 13.6. The van der Waals surface area contributed by atoms with Crippen LogP contribution in [0.3, 0.4) is 0 Å². The Bertz CT molecular complexity index is 1120. The van der Waals surface area contributed by atoms with Gasteiger partial charge in [-0.15, -0.1) is 11.3 Å². The smallest absolute Gasteiger partial charge is 0.426 e. The quantitative estimate of drug-likeness (QED) is 0.251. The van der Waals surface area contributed by atoms with Gasteiger partial charge < -0.3 is 9.47 Å². The van der Waals surface area contributed by atoms with Crippen LogP contribution in [-0.2, 0) is 28.7 Å². The fourth-order valence-corrected chi connectivity index (χ4v) is 4.49. The zero-order valence-electron chi connectivity index (χ0n) is 18.5. The summed E-state index contributed by atoms with van der Waals surface area (Å²) < 4.78 is 65.0. The van der Waals surface area contributed by atoms with Gasteiger partial charge in [0.15, 0.2) is 0 Å². The second-order valence-corrected chi connectivity index (χ2v) is 8.41. The zero-order valence-corrected chi connectivity index (χ0v) is 19.3. The monoisotopic (exact) mass is 480 g/mol. The average Bonchev–Trinajstić information content (AvgIpc) is 3.19. The highest BCUT2D eigenvalue weighted by atomic mass is 32.1. The first-order valence-corrected chi connectivity index (χ1v) is 11.3. The molecule has 33 heavy (non-hydrogen) atoms. The average molecular weight is 481 g/mol. The highest BCUT2D eigenvalue weighted by Crippen LogP contribution is 2.42. The number of benzene rings is 2. The molecule has 0 amide bonds. The predicted molar refractivity (Wildman–Crippen MR) is 120 cm³/mol. The number of alkyl halides is 3. The number of aryl methyl sites for hydroxylation is 1. The summed E-state index contributed by atoms with van der Waals surface area (Å²) in [6.45, 7) is 5.51. The standard InChI is InChI=1S/C25H24F4O3S/c1-4-31-23(30)12-8-17-7-11-22(16(3)15(17)2)32-13-20-21(14-33-24(20)25(27,28)29)18-5-9-19(26)10-6-18/h5-7,9-11,14H,4,8,12-13H2,1-3H3. The van der Waals surface area contributed by atoms with Crippen LogP contribution < -0.4 is 4.74 Å². The van der Waals surface area contributed by atoms with Crippen molar-refractivity contribution in [3.63, 3.8) is 0 Å². The van der Waals surface area contributed by atoms with Gasteiger partial charge in [-0.2, -0.15) is 13.2 Å². The van der Waals surface area contributed by atoms with E-state index in [-0.39, 0.29) is 24.6 Å². The molecule has 3 rings (SSSR count). The fraction of sp³-hybridized carbons (Fsp3) is 0.320. The molecule has 0 aliphatic carbocycles. The molecule has 0 radical (unpaired) electrons.